The van der Waals surface area contributed by atoms with Gasteiger partial charge in [0.25, 0.3) is 0 Å². The number of nitrogens with zero attached hydrogens (tertiary/aromatic N) is 1. The van der Waals surface area contributed by atoms with Crippen LogP contribution in [0.5, 0.6) is 0 Å². The molecule has 1 aliphatic heterocycles. The van der Waals surface area contributed by atoms with Crippen molar-refractivity contribution in [1.29, 1.82) is 0 Å². The first-order valence-corrected chi connectivity index (χ1v) is 4.42. The first-order valence-electron chi connectivity index (χ1n) is 4.42. The van der Waals surface area contributed by atoms with Crippen LogP contribution in [0, 0.1) is 0 Å². The first kappa shape index (κ1) is 9.52. The van der Waals surface area contributed by atoms with Crippen LogP contribution >= 0.6 is 0 Å². The number of halogens is 3. The second-order valence-electron chi connectivity index (χ2n) is 3.47. The van der Waals surface area contributed by atoms with Gasteiger partial charge in [-0.25, -0.2) is 0 Å². The highest BCUT2D eigenvalue weighted by atomic mass is 19.4. The molecule has 2 atom stereocenters. The molecule has 1 aromatic carbocycles. The highest BCUT2D eigenvalue weighted by Gasteiger charge is 2.53. The molecule has 1 nitrogen and oxygen atoms in total. The summed E-state index contributed by atoms with van der Waals surface area (Å²) in [6.45, 7) is 0.531. The average molecular weight is 201 g/mol. The first-order chi connectivity index (χ1) is 6.57. The maximum absolute atomic E-state index is 12.2. The van der Waals surface area contributed by atoms with Crippen LogP contribution in [0.4, 0.5) is 13.2 Å². The summed E-state index contributed by atoms with van der Waals surface area (Å²) in [5.74, 6) is 0. The lowest BCUT2D eigenvalue weighted by molar-refractivity contribution is -0.136. The Morgan fingerprint density at radius 3 is 2.36 bits per heavy atom. The molecule has 14 heavy (non-hydrogen) atoms. The van der Waals surface area contributed by atoms with E-state index in [4.69, 9.17) is 0 Å². The molecular formula is C10H10F3N. The smallest absolute Gasteiger partial charge is 0.285 e. The molecule has 1 heterocycles. The molecule has 1 aliphatic rings. The Kier molecular flexibility index (Phi) is 2.23. The predicted octanol–water partition coefficient (Wildman–Crippen LogP) is 2.43. The van der Waals surface area contributed by atoms with Crippen molar-refractivity contribution in [1.82, 2.24) is 4.90 Å². The highest BCUT2D eigenvalue weighted by molar-refractivity contribution is 5.16. The summed E-state index contributed by atoms with van der Waals surface area (Å²) in [5, 5.41) is 0. The van der Waals surface area contributed by atoms with Crippen LogP contribution in [-0.2, 0) is 6.54 Å². The van der Waals surface area contributed by atoms with Gasteiger partial charge in [-0.1, -0.05) is 30.3 Å². The lowest BCUT2D eigenvalue weighted by atomic mass is 10.2. The normalized spacial score (nSPS) is 26.2. The van der Waals surface area contributed by atoms with Crippen LogP contribution in [0.2, 0.25) is 0 Å². The second-order valence-corrected chi connectivity index (χ2v) is 3.47. The summed E-state index contributed by atoms with van der Waals surface area (Å²) in [5.41, 5.74) is 0.930. The Morgan fingerprint density at radius 2 is 1.86 bits per heavy atom. The zero-order chi connectivity index (χ0) is 10.2. The molecule has 0 bridgehead atoms. The number of alkyl halides is 3. The van der Waals surface area contributed by atoms with E-state index in [0.29, 0.717) is 6.54 Å². The average Bonchev–Trinajstić information content (AvgIpc) is 2.85. The molecule has 76 valence electrons. The topological polar surface area (TPSA) is 3.01 Å². The maximum Gasteiger partial charge on any atom is 0.405 e. The molecule has 1 saturated heterocycles. The molecule has 0 amide bonds. The van der Waals surface area contributed by atoms with Crippen LogP contribution in [0.1, 0.15) is 5.56 Å². The summed E-state index contributed by atoms with van der Waals surface area (Å²) < 4.78 is 36.5. The molecule has 2 rings (SSSR count). The van der Waals surface area contributed by atoms with Crippen molar-refractivity contribution in [3.8, 4) is 0 Å². The SMILES string of the molecule is FC(F)(F)[C@@H]1CN1Cc1ccccc1. The van der Waals surface area contributed by atoms with E-state index >= 15 is 0 Å². The van der Waals surface area contributed by atoms with Gasteiger partial charge in [0.15, 0.2) is 0 Å². The minimum absolute atomic E-state index is 0.137. The third-order valence-electron chi connectivity index (χ3n) is 2.32. The zero-order valence-electron chi connectivity index (χ0n) is 7.46. The van der Waals surface area contributed by atoms with Crippen LogP contribution < -0.4 is 0 Å². The Morgan fingerprint density at radius 1 is 1.21 bits per heavy atom. The van der Waals surface area contributed by atoms with Gasteiger partial charge >= 0.3 is 6.18 Å². The highest BCUT2D eigenvalue weighted by Crippen LogP contribution is 2.35. The summed E-state index contributed by atoms with van der Waals surface area (Å²) in [7, 11) is 0. The Balaban J connectivity index is 1.91. The molecule has 0 spiro atoms. The third kappa shape index (κ3) is 2.07. The molecule has 1 aromatic rings. The molecule has 1 fully saturated rings. The lowest BCUT2D eigenvalue weighted by Gasteiger charge is -2.06. The minimum Gasteiger partial charge on any atom is -0.285 e. The molecule has 0 aliphatic carbocycles. The van der Waals surface area contributed by atoms with E-state index in [0.717, 1.165) is 5.56 Å². The Bertz CT molecular complexity index is 307. The summed E-state index contributed by atoms with van der Waals surface area (Å²) in [6.07, 6.45) is -4.06. The number of hydrogen-bond acceptors (Lipinski definition) is 1. The minimum atomic E-state index is -4.06. The van der Waals surface area contributed by atoms with Gasteiger partial charge in [0.05, 0.1) is 0 Å². The van der Waals surface area contributed by atoms with Crippen molar-refractivity contribution in [2.75, 3.05) is 6.54 Å². The van der Waals surface area contributed by atoms with E-state index in [1.54, 1.807) is 0 Å². The van der Waals surface area contributed by atoms with E-state index in [-0.39, 0.29) is 6.54 Å². The molecule has 0 aromatic heterocycles. The van der Waals surface area contributed by atoms with Gasteiger partial charge in [0.2, 0.25) is 0 Å². The largest absolute Gasteiger partial charge is 0.405 e. The van der Waals surface area contributed by atoms with E-state index in [2.05, 4.69) is 0 Å². The van der Waals surface area contributed by atoms with Gasteiger partial charge in [-0.15, -0.1) is 0 Å². The van der Waals surface area contributed by atoms with Crippen molar-refractivity contribution in [3.05, 3.63) is 35.9 Å². The van der Waals surface area contributed by atoms with E-state index in [1.807, 2.05) is 30.3 Å². The van der Waals surface area contributed by atoms with Gasteiger partial charge in [0.1, 0.15) is 6.04 Å². The van der Waals surface area contributed by atoms with Gasteiger partial charge in [-0.05, 0) is 5.56 Å². The molecule has 0 N–H and O–H groups in total. The quantitative estimate of drug-likeness (QED) is 0.664. The van der Waals surface area contributed by atoms with Gasteiger partial charge in [-0.3, -0.25) is 4.90 Å². The summed E-state index contributed by atoms with van der Waals surface area (Å²) in [6, 6.07) is 7.98. The number of benzene rings is 1. The van der Waals surface area contributed by atoms with Crippen LogP contribution in [0.25, 0.3) is 0 Å². The maximum atomic E-state index is 12.2. The van der Waals surface area contributed by atoms with Crippen molar-refractivity contribution >= 4 is 0 Å². The predicted molar refractivity (Wildman–Crippen MR) is 46.7 cm³/mol. The standard InChI is InChI=1S/C10H10F3N/c11-10(12,13)9-7-14(9)6-8-4-2-1-3-5-8/h1-5,9H,6-7H2/t9-,14?/m0/s1. The Labute approximate surface area is 80.1 Å². The van der Waals surface area contributed by atoms with Crippen molar-refractivity contribution in [2.45, 2.75) is 18.8 Å². The summed E-state index contributed by atoms with van der Waals surface area (Å²) >= 11 is 0. The third-order valence-corrected chi connectivity index (χ3v) is 2.32. The lowest BCUT2D eigenvalue weighted by Crippen LogP contribution is -2.20. The fourth-order valence-corrected chi connectivity index (χ4v) is 1.48. The van der Waals surface area contributed by atoms with Crippen LogP contribution in [-0.4, -0.2) is 23.7 Å². The van der Waals surface area contributed by atoms with E-state index in [1.165, 1.54) is 4.90 Å². The van der Waals surface area contributed by atoms with E-state index in [9.17, 15) is 13.2 Å². The second kappa shape index (κ2) is 3.28. The molecule has 1 unspecified atom stereocenters. The fraction of sp³-hybridized carbons (Fsp3) is 0.400. The number of hydrogen-bond donors (Lipinski definition) is 0. The van der Waals surface area contributed by atoms with Crippen LogP contribution in [0.3, 0.4) is 0 Å². The molecular weight excluding hydrogens is 191 g/mol. The molecule has 0 radical (unpaired) electrons. The molecule has 0 saturated carbocycles. The van der Waals surface area contributed by atoms with Crippen molar-refractivity contribution < 1.29 is 13.2 Å². The monoisotopic (exact) mass is 201 g/mol. The van der Waals surface area contributed by atoms with Crippen LogP contribution in [0.15, 0.2) is 30.3 Å². The fourth-order valence-electron chi connectivity index (χ4n) is 1.48. The van der Waals surface area contributed by atoms with Crippen molar-refractivity contribution in [3.63, 3.8) is 0 Å². The Hall–Kier alpha value is -1.03. The molecule has 4 heteroatoms. The number of rotatable bonds is 2. The van der Waals surface area contributed by atoms with Gasteiger partial charge in [-0.2, -0.15) is 13.2 Å². The van der Waals surface area contributed by atoms with Gasteiger partial charge in [0, 0.05) is 13.1 Å². The zero-order valence-corrected chi connectivity index (χ0v) is 7.46. The van der Waals surface area contributed by atoms with Gasteiger partial charge < -0.3 is 0 Å². The van der Waals surface area contributed by atoms with E-state index < -0.39 is 12.2 Å². The van der Waals surface area contributed by atoms with Crippen molar-refractivity contribution in [2.24, 2.45) is 0 Å². The summed E-state index contributed by atoms with van der Waals surface area (Å²) in [4.78, 5) is 1.41.